The number of aromatic nitrogens is 4. The van der Waals surface area contributed by atoms with Gasteiger partial charge in [0.05, 0.1) is 0 Å². The predicted octanol–water partition coefficient (Wildman–Crippen LogP) is 0.840. The number of hydrogen-bond donors (Lipinski definition) is 3. The minimum Gasteiger partial charge on any atom is -0.480 e. The molecule has 8 heteroatoms. The van der Waals surface area contributed by atoms with Crippen LogP contribution in [-0.2, 0) is 16.0 Å². The minimum absolute atomic E-state index is 0.461. The Bertz CT molecular complexity index is 652. The molecule has 0 spiro atoms. The zero-order valence-electron chi connectivity index (χ0n) is 11.6. The molecule has 1 heterocycles. The number of rotatable bonds is 5. The monoisotopic (exact) mass is 289 g/mol. The Morgan fingerprint density at radius 1 is 1.38 bits per heavy atom. The number of carboxylic acids is 1. The summed E-state index contributed by atoms with van der Waals surface area (Å²) in [6, 6.07) is 7.05. The van der Waals surface area contributed by atoms with Gasteiger partial charge in [-0.3, -0.25) is 9.59 Å². The van der Waals surface area contributed by atoms with E-state index in [1.807, 2.05) is 6.07 Å². The summed E-state index contributed by atoms with van der Waals surface area (Å²) >= 11 is 0. The van der Waals surface area contributed by atoms with Crippen LogP contribution in [0.2, 0.25) is 0 Å². The van der Waals surface area contributed by atoms with Crippen LogP contribution in [0.15, 0.2) is 24.3 Å². The molecule has 2 rings (SSSR count). The predicted molar refractivity (Wildman–Crippen MR) is 73.5 cm³/mol. The van der Waals surface area contributed by atoms with Crippen molar-refractivity contribution in [1.82, 2.24) is 20.6 Å². The van der Waals surface area contributed by atoms with Crippen LogP contribution < -0.4 is 5.32 Å². The third-order valence-electron chi connectivity index (χ3n) is 3.04. The number of aromatic amines is 1. The van der Waals surface area contributed by atoms with E-state index in [-0.39, 0.29) is 0 Å². The highest BCUT2D eigenvalue weighted by atomic mass is 16.4. The molecule has 0 fully saturated rings. The molecule has 0 aliphatic heterocycles. The van der Waals surface area contributed by atoms with E-state index in [0.29, 0.717) is 17.9 Å². The van der Waals surface area contributed by atoms with E-state index >= 15 is 0 Å². The van der Waals surface area contributed by atoms with Crippen LogP contribution >= 0.6 is 0 Å². The number of carbonyl (C=O) groups is 2. The molecule has 0 saturated carbocycles. The number of carboxylic acid groups (broad SMARTS) is 1. The lowest BCUT2D eigenvalue weighted by Crippen LogP contribution is -2.37. The molecule has 0 aliphatic carbocycles. The molecule has 1 amide bonds. The molecule has 0 atom stereocenters. The van der Waals surface area contributed by atoms with Gasteiger partial charge in [0.1, 0.15) is 5.41 Å². The van der Waals surface area contributed by atoms with Crippen molar-refractivity contribution in [1.29, 1.82) is 0 Å². The molecule has 110 valence electrons. The Morgan fingerprint density at radius 2 is 2.14 bits per heavy atom. The Kier molecular flexibility index (Phi) is 3.97. The Morgan fingerprint density at radius 3 is 2.76 bits per heavy atom. The average molecular weight is 289 g/mol. The van der Waals surface area contributed by atoms with Gasteiger partial charge in [0.15, 0.2) is 5.82 Å². The highest BCUT2D eigenvalue weighted by Gasteiger charge is 2.35. The van der Waals surface area contributed by atoms with E-state index in [1.165, 1.54) is 13.8 Å². The summed E-state index contributed by atoms with van der Waals surface area (Å²) in [4.78, 5) is 23.0. The smallest absolute Gasteiger partial charge is 0.318 e. The lowest BCUT2D eigenvalue weighted by molar-refractivity contribution is -0.151. The van der Waals surface area contributed by atoms with Crippen LogP contribution in [0.3, 0.4) is 0 Å². The van der Waals surface area contributed by atoms with E-state index in [2.05, 4.69) is 25.9 Å². The molecular weight excluding hydrogens is 274 g/mol. The molecule has 2 aromatic rings. The van der Waals surface area contributed by atoms with Gasteiger partial charge in [0.2, 0.25) is 5.91 Å². The largest absolute Gasteiger partial charge is 0.480 e. The van der Waals surface area contributed by atoms with E-state index in [1.54, 1.807) is 18.2 Å². The summed E-state index contributed by atoms with van der Waals surface area (Å²) < 4.78 is 0. The number of H-pyrrole nitrogens is 1. The zero-order chi connectivity index (χ0) is 15.5. The van der Waals surface area contributed by atoms with Crippen molar-refractivity contribution in [3.8, 4) is 0 Å². The maximum atomic E-state index is 12.0. The van der Waals surface area contributed by atoms with E-state index in [9.17, 15) is 9.59 Å². The van der Waals surface area contributed by atoms with Gasteiger partial charge in [-0.2, -0.15) is 5.21 Å². The summed E-state index contributed by atoms with van der Waals surface area (Å²) in [5, 5.41) is 25.2. The van der Waals surface area contributed by atoms with Crippen molar-refractivity contribution in [3.63, 3.8) is 0 Å². The number of tetrazole rings is 1. The van der Waals surface area contributed by atoms with Crippen LogP contribution in [0.25, 0.3) is 0 Å². The highest BCUT2D eigenvalue weighted by Crippen LogP contribution is 2.20. The Hall–Kier alpha value is -2.77. The van der Waals surface area contributed by atoms with Crippen molar-refractivity contribution < 1.29 is 14.7 Å². The quantitative estimate of drug-likeness (QED) is 0.701. The average Bonchev–Trinajstić information content (AvgIpc) is 2.91. The van der Waals surface area contributed by atoms with Crippen LogP contribution in [-0.4, -0.2) is 37.6 Å². The number of carbonyl (C=O) groups excluding carboxylic acids is 1. The number of nitrogens with one attached hydrogen (secondary N) is 2. The fourth-order valence-electron chi connectivity index (χ4n) is 1.58. The number of amides is 1. The molecule has 8 nitrogen and oxygen atoms in total. The number of anilines is 1. The van der Waals surface area contributed by atoms with Gasteiger partial charge in [-0.1, -0.05) is 17.3 Å². The maximum Gasteiger partial charge on any atom is 0.318 e. The lowest BCUT2D eigenvalue weighted by Gasteiger charge is -2.18. The van der Waals surface area contributed by atoms with Gasteiger partial charge >= 0.3 is 5.97 Å². The van der Waals surface area contributed by atoms with Crippen molar-refractivity contribution >= 4 is 17.6 Å². The molecular formula is C13H15N5O3. The Labute approximate surface area is 120 Å². The van der Waals surface area contributed by atoms with E-state index in [4.69, 9.17) is 5.11 Å². The van der Waals surface area contributed by atoms with Gasteiger partial charge in [-0.05, 0) is 31.5 Å². The van der Waals surface area contributed by atoms with Crippen LogP contribution in [0, 0.1) is 5.41 Å². The van der Waals surface area contributed by atoms with Crippen LogP contribution in [0.5, 0.6) is 0 Å². The lowest BCUT2D eigenvalue weighted by atomic mass is 9.92. The van der Waals surface area contributed by atoms with Gasteiger partial charge in [0.25, 0.3) is 0 Å². The SMILES string of the molecule is CC(C)(C(=O)O)C(=O)Nc1cccc(Cc2nn[nH]n2)c1. The first-order valence-corrected chi connectivity index (χ1v) is 6.25. The standard InChI is InChI=1S/C13H15N5O3/c1-13(2,12(20)21)11(19)14-9-5-3-4-8(6-9)7-10-15-17-18-16-10/h3-6H,7H2,1-2H3,(H,14,19)(H,20,21)(H,15,16,17,18). The minimum atomic E-state index is -1.50. The molecule has 0 bridgehead atoms. The third-order valence-corrected chi connectivity index (χ3v) is 3.04. The van der Waals surface area contributed by atoms with Crippen LogP contribution in [0.4, 0.5) is 5.69 Å². The fraction of sp³-hybridized carbons (Fsp3) is 0.308. The molecule has 1 aromatic carbocycles. The summed E-state index contributed by atoms with van der Waals surface area (Å²) in [6.07, 6.45) is 0.461. The molecule has 0 unspecified atom stereocenters. The van der Waals surface area contributed by atoms with Gasteiger partial charge in [0, 0.05) is 12.1 Å². The van der Waals surface area contributed by atoms with Crippen molar-refractivity contribution in [3.05, 3.63) is 35.7 Å². The normalized spacial score (nSPS) is 11.1. The summed E-state index contributed by atoms with van der Waals surface area (Å²) in [5.41, 5.74) is -0.0958. The second-order valence-electron chi connectivity index (χ2n) is 5.09. The third kappa shape index (κ3) is 3.41. The van der Waals surface area contributed by atoms with Crippen molar-refractivity contribution in [2.45, 2.75) is 20.3 Å². The molecule has 0 saturated heterocycles. The number of aliphatic carboxylic acids is 1. The highest BCUT2D eigenvalue weighted by molar-refractivity contribution is 6.07. The first-order chi connectivity index (χ1) is 9.89. The zero-order valence-corrected chi connectivity index (χ0v) is 11.6. The van der Waals surface area contributed by atoms with E-state index in [0.717, 1.165) is 5.56 Å². The first-order valence-electron chi connectivity index (χ1n) is 6.25. The second-order valence-corrected chi connectivity index (χ2v) is 5.09. The topological polar surface area (TPSA) is 121 Å². The molecule has 21 heavy (non-hydrogen) atoms. The van der Waals surface area contributed by atoms with Gasteiger partial charge in [-0.15, -0.1) is 10.2 Å². The maximum absolute atomic E-state index is 12.0. The summed E-state index contributed by atoms with van der Waals surface area (Å²) in [6.45, 7) is 2.71. The fourth-order valence-corrected chi connectivity index (χ4v) is 1.58. The van der Waals surface area contributed by atoms with Crippen molar-refractivity contribution in [2.24, 2.45) is 5.41 Å². The van der Waals surface area contributed by atoms with Crippen molar-refractivity contribution in [2.75, 3.05) is 5.32 Å². The van der Waals surface area contributed by atoms with Gasteiger partial charge < -0.3 is 10.4 Å². The molecule has 3 N–H and O–H groups in total. The number of hydrogen-bond acceptors (Lipinski definition) is 5. The summed E-state index contributed by atoms with van der Waals surface area (Å²) in [7, 11) is 0. The second kappa shape index (κ2) is 5.70. The first kappa shape index (κ1) is 14.6. The van der Waals surface area contributed by atoms with E-state index < -0.39 is 17.3 Å². The van der Waals surface area contributed by atoms with Gasteiger partial charge in [-0.25, -0.2) is 0 Å². The number of benzene rings is 1. The molecule has 0 aliphatic rings. The Balaban J connectivity index is 2.11. The van der Waals surface area contributed by atoms with Crippen LogP contribution in [0.1, 0.15) is 25.2 Å². The number of nitrogens with zero attached hydrogens (tertiary/aromatic N) is 3. The molecule has 1 aromatic heterocycles. The summed E-state index contributed by atoms with van der Waals surface area (Å²) in [5.74, 6) is -1.22. The molecule has 0 radical (unpaired) electrons.